The minimum absolute atomic E-state index is 0.00837. The van der Waals surface area contributed by atoms with Gasteiger partial charge in [-0.2, -0.15) is 0 Å². The number of hydrogen-bond donors (Lipinski definition) is 2. The highest BCUT2D eigenvalue weighted by molar-refractivity contribution is 5.72. The van der Waals surface area contributed by atoms with Crippen molar-refractivity contribution in [3.05, 3.63) is 35.9 Å². The Morgan fingerprint density at radius 2 is 1.93 bits per heavy atom. The fourth-order valence-corrected chi connectivity index (χ4v) is 3.66. The number of ether oxygens (including phenoxy) is 1. The quantitative estimate of drug-likeness (QED) is 0.757. The van der Waals surface area contributed by atoms with Crippen molar-refractivity contribution in [2.45, 2.75) is 57.0 Å². The van der Waals surface area contributed by atoms with Crippen LogP contribution in [0.3, 0.4) is 0 Å². The van der Waals surface area contributed by atoms with Crippen LogP contribution >= 0.6 is 0 Å². The van der Waals surface area contributed by atoms with E-state index in [4.69, 9.17) is 5.73 Å². The maximum absolute atomic E-state index is 13.7. The van der Waals surface area contributed by atoms with Gasteiger partial charge in [0.2, 0.25) is 5.95 Å². The molecule has 2 aliphatic rings. The number of anilines is 1. The van der Waals surface area contributed by atoms with Crippen LogP contribution in [0.1, 0.15) is 57.1 Å². The summed E-state index contributed by atoms with van der Waals surface area (Å²) >= 11 is 0. The number of methoxy groups -OCH3 is 1. The summed E-state index contributed by atoms with van der Waals surface area (Å²) in [4.78, 5) is 22.7. The van der Waals surface area contributed by atoms with Crippen molar-refractivity contribution in [2.75, 3.05) is 12.8 Å². The van der Waals surface area contributed by atoms with Gasteiger partial charge in [0.15, 0.2) is 5.82 Å². The Kier molecular flexibility index (Phi) is 6.74. The first-order valence-electron chi connectivity index (χ1n) is 9.99. The number of aliphatic hydroxyl groups is 1. The van der Waals surface area contributed by atoms with Crippen LogP contribution in [0.25, 0.3) is 11.4 Å². The van der Waals surface area contributed by atoms with Gasteiger partial charge >= 0.3 is 5.97 Å². The number of carbonyl (C=O) groups excluding carboxylic acids is 1. The second-order valence-corrected chi connectivity index (χ2v) is 7.58. The zero-order valence-electron chi connectivity index (χ0n) is 16.6. The highest BCUT2D eigenvalue weighted by atomic mass is 19.1. The first kappa shape index (κ1) is 21.1. The zero-order valence-corrected chi connectivity index (χ0v) is 16.6. The van der Waals surface area contributed by atoms with E-state index >= 15 is 0 Å². The van der Waals surface area contributed by atoms with Crippen molar-refractivity contribution in [2.24, 2.45) is 5.92 Å². The average molecular weight is 402 g/mol. The molecule has 0 atom stereocenters. The van der Waals surface area contributed by atoms with Gasteiger partial charge < -0.3 is 15.6 Å². The number of carbonyl (C=O) groups is 1. The number of nitrogens with two attached hydrogens (primary N) is 1. The summed E-state index contributed by atoms with van der Waals surface area (Å²) < 4.78 is 18.3. The Bertz CT molecular complexity index is 852. The van der Waals surface area contributed by atoms with E-state index in [0.29, 0.717) is 24.2 Å². The van der Waals surface area contributed by atoms with E-state index in [1.54, 1.807) is 18.2 Å². The topological polar surface area (TPSA) is 111 Å². The molecule has 2 aliphatic carbocycles. The molecule has 8 heteroatoms. The van der Waals surface area contributed by atoms with Gasteiger partial charge in [0.1, 0.15) is 11.3 Å². The highest BCUT2D eigenvalue weighted by Crippen LogP contribution is 2.40. The van der Waals surface area contributed by atoms with Gasteiger partial charge in [0.25, 0.3) is 0 Å². The summed E-state index contributed by atoms with van der Waals surface area (Å²) in [5.74, 6) is -0.399. The number of nitrogen functional groups attached to an aromatic ring is 1. The summed E-state index contributed by atoms with van der Waals surface area (Å²) in [5.41, 5.74) is 5.53. The monoisotopic (exact) mass is 402 g/mol. The third kappa shape index (κ3) is 5.06. The lowest BCUT2D eigenvalue weighted by Gasteiger charge is -2.36. The highest BCUT2D eigenvalue weighted by Gasteiger charge is 2.37. The van der Waals surface area contributed by atoms with Crippen molar-refractivity contribution in [1.29, 1.82) is 0 Å². The van der Waals surface area contributed by atoms with E-state index in [2.05, 4.69) is 19.7 Å². The van der Waals surface area contributed by atoms with Crippen LogP contribution in [0.15, 0.2) is 24.4 Å². The molecule has 3 N–H and O–H groups in total. The minimum atomic E-state index is -0.884. The van der Waals surface area contributed by atoms with Gasteiger partial charge in [-0.15, -0.1) is 0 Å². The standard InChI is InChI=1S/C13H13FN4O.C8H14O2/c14-8-7-16-12(15)18-11(8)9-3-1-4-10(17-9)13(19)5-2-6-13;1-10-8(9)7-5-3-2-4-6-7/h1,3-4,7,19H,2,5-6H2,(H2,15,16,18);7H,2-6H2,1H3. The summed E-state index contributed by atoms with van der Waals surface area (Å²) in [6.45, 7) is 0. The van der Waals surface area contributed by atoms with Crippen LogP contribution in [0.2, 0.25) is 0 Å². The van der Waals surface area contributed by atoms with E-state index in [1.807, 2.05) is 0 Å². The Hall–Kier alpha value is -2.61. The van der Waals surface area contributed by atoms with Gasteiger partial charge in [0.05, 0.1) is 30.6 Å². The van der Waals surface area contributed by atoms with Crippen molar-refractivity contribution in [3.8, 4) is 11.4 Å². The first-order chi connectivity index (χ1) is 13.9. The number of nitrogens with zero attached hydrogens (tertiary/aromatic N) is 3. The average Bonchev–Trinajstić information content (AvgIpc) is 2.74. The maximum Gasteiger partial charge on any atom is 0.308 e. The molecule has 0 saturated heterocycles. The zero-order chi connectivity index (χ0) is 20.9. The fraction of sp³-hybridized carbons (Fsp3) is 0.524. The number of esters is 1. The number of hydrogen-bond acceptors (Lipinski definition) is 7. The van der Waals surface area contributed by atoms with Gasteiger partial charge in [0, 0.05) is 0 Å². The smallest absolute Gasteiger partial charge is 0.308 e. The van der Waals surface area contributed by atoms with E-state index in [9.17, 15) is 14.3 Å². The molecule has 4 rings (SSSR count). The summed E-state index contributed by atoms with van der Waals surface area (Å²) in [6.07, 6.45) is 9.09. The maximum atomic E-state index is 13.7. The lowest BCUT2D eigenvalue weighted by Crippen LogP contribution is -2.34. The number of aromatic nitrogens is 3. The number of halogens is 1. The molecule has 29 heavy (non-hydrogen) atoms. The Labute approximate surface area is 169 Å². The van der Waals surface area contributed by atoms with E-state index in [1.165, 1.54) is 26.4 Å². The molecule has 0 aromatic carbocycles. The molecular weight excluding hydrogens is 375 g/mol. The molecule has 2 heterocycles. The minimum Gasteiger partial charge on any atom is -0.469 e. The number of pyridine rings is 1. The van der Waals surface area contributed by atoms with E-state index in [0.717, 1.165) is 25.5 Å². The molecule has 2 fully saturated rings. The summed E-state index contributed by atoms with van der Waals surface area (Å²) in [5, 5.41) is 10.3. The molecule has 156 valence electrons. The normalized spacial score (nSPS) is 18.2. The molecule has 0 aliphatic heterocycles. The third-order valence-electron chi connectivity index (χ3n) is 5.55. The largest absolute Gasteiger partial charge is 0.469 e. The van der Waals surface area contributed by atoms with Crippen molar-refractivity contribution in [1.82, 2.24) is 15.0 Å². The Balaban J connectivity index is 0.000000204. The molecule has 0 bridgehead atoms. The predicted octanol–water partition coefficient (Wildman–Crippen LogP) is 3.37. The molecular formula is C21H27FN4O3. The molecule has 2 aromatic rings. The van der Waals surface area contributed by atoms with Crippen LogP contribution in [-0.2, 0) is 15.1 Å². The van der Waals surface area contributed by atoms with E-state index in [-0.39, 0.29) is 23.5 Å². The van der Waals surface area contributed by atoms with Crippen molar-refractivity contribution in [3.63, 3.8) is 0 Å². The molecule has 0 radical (unpaired) electrons. The van der Waals surface area contributed by atoms with Crippen molar-refractivity contribution < 1.29 is 19.0 Å². The van der Waals surface area contributed by atoms with Gasteiger partial charge in [-0.25, -0.2) is 19.3 Å². The SMILES string of the molecule is COC(=O)C1CCCCC1.Nc1ncc(F)c(-c2cccc(C3(O)CCC3)n2)n1. The van der Waals surface area contributed by atoms with Crippen molar-refractivity contribution >= 4 is 11.9 Å². The van der Waals surface area contributed by atoms with Crippen LogP contribution in [0.5, 0.6) is 0 Å². The second kappa shape index (κ2) is 9.26. The summed E-state index contributed by atoms with van der Waals surface area (Å²) in [7, 11) is 1.47. The second-order valence-electron chi connectivity index (χ2n) is 7.58. The summed E-state index contributed by atoms with van der Waals surface area (Å²) in [6, 6.07) is 5.10. The predicted molar refractivity (Wildman–Crippen MR) is 106 cm³/mol. The van der Waals surface area contributed by atoms with Crippen LogP contribution in [0.4, 0.5) is 10.3 Å². The molecule has 0 unspecified atom stereocenters. The number of rotatable bonds is 3. The van der Waals surface area contributed by atoms with Gasteiger partial charge in [-0.1, -0.05) is 25.3 Å². The third-order valence-corrected chi connectivity index (χ3v) is 5.55. The first-order valence-corrected chi connectivity index (χ1v) is 9.99. The van der Waals surface area contributed by atoms with Crippen LogP contribution in [0, 0.1) is 11.7 Å². The molecule has 2 saturated carbocycles. The molecule has 0 amide bonds. The van der Waals surface area contributed by atoms with Crippen LogP contribution < -0.4 is 5.73 Å². The molecule has 2 aromatic heterocycles. The van der Waals surface area contributed by atoms with E-state index < -0.39 is 11.4 Å². The molecule has 0 spiro atoms. The molecule has 7 nitrogen and oxygen atoms in total. The van der Waals surface area contributed by atoms with Gasteiger partial charge in [-0.3, -0.25) is 4.79 Å². The van der Waals surface area contributed by atoms with Crippen LogP contribution in [-0.4, -0.2) is 33.1 Å². The fourth-order valence-electron chi connectivity index (χ4n) is 3.66. The Morgan fingerprint density at radius 3 is 2.55 bits per heavy atom. The lowest BCUT2D eigenvalue weighted by atomic mass is 9.77. The van der Waals surface area contributed by atoms with Gasteiger partial charge in [-0.05, 0) is 44.2 Å². The Morgan fingerprint density at radius 1 is 1.21 bits per heavy atom. The lowest BCUT2D eigenvalue weighted by molar-refractivity contribution is -0.146.